The minimum atomic E-state index is -0.791. The van der Waals surface area contributed by atoms with Gasteiger partial charge in [0.1, 0.15) is 17.7 Å². The SMILES string of the molecule is CC(=O)N[C@H](Cc1ccc(F)cc1)C(=O)NC1CCN(C(=O)Nc2ccccc2F)CC1. The number of anilines is 1. The third kappa shape index (κ3) is 6.50. The van der Waals surface area contributed by atoms with Gasteiger partial charge in [0.2, 0.25) is 11.8 Å². The molecule has 7 nitrogen and oxygen atoms in total. The van der Waals surface area contributed by atoms with Crippen molar-refractivity contribution in [2.24, 2.45) is 0 Å². The van der Waals surface area contributed by atoms with Gasteiger partial charge in [-0.05, 0) is 42.7 Å². The zero-order chi connectivity index (χ0) is 23.1. The summed E-state index contributed by atoms with van der Waals surface area (Å²) in [4.78, 5) is 38.3. The molecular weight excluding hydrogens is 418 g/mol. The maximum absolute atomic E-state index is 13.7. The molecule has 32 heavy (non-hydrogen) atoms. The first-order valence-electron chi connectivity index (χ1n) is 10.4. The molecule has 170 valence electrons. The number of carbonyl (C=O) groups excluding carboxylic acids is 3. The molecule has 0 bridgehead atoms. The third-order valence-electron chi connectivity index (χ3n) is 5.29. The number of nitrogens with one attached hydrogen (secondary N) is 3. The Bertz CT molecular complexity index is 960. The van der Waals surface area contributed by atoms with Crippen LogP contribution in [0.25, 0.3) is 0 Å². The minimum absolute atomic E-state index is 0.117. The largest absolute Gasteiger partial charge is 0.351 e. The van der Waals surface area contributed by atoms with Crippen LogP contribution < -0.4 is 16.0 Å². The van der Waals surface area contributed by atoms with Crippen molar-refractivity contribution in [3.8, 4) is 0 Å². The van der Waals surface area contributed by atoms with Crippen LogP contribution >= 0.6 is 0 Å². The van der Waals surface area contributed by atoms with Crippen LogP contribution in [-0.2, 0) is 16.0 Å². The zero-order valence-corrected chi connectivity index (χ0v) is 17.7. The van der Waals surface area contributed by atoms with E-state index in [9.17, 15) is 23.2 Å². The number of urea groups is 1. The van der Waals surface area contributed by atoms with E-state index in [1.54, 1.807) is 29.2 Å². The lowest BCUT2D eigenvalue weighted by Gasteiger charge is -2.33. The van der Waals surface area contributed by atoms with E-state index < -0.39 is 17.9 Å². The normalized spacial score (nSPS) is 15.0. The van der Waals surface area contributed by atoms with E-state index in [-0.39, 0.29) is 35.8 Å². The lowest BCUT2D eigenvalue weighted by molar-refractivity contribution is -0.128. The van der Waals surface area contributed by atoms with Crippen molar-refractivity contribution >= 4 is 23.5 Å². The zero-order valence-electron chi connectivity index (χ0n) is 17.7. The van der Waals surface area contributed by atoms with Crippen LogP contribution in [0.1, 0.15) is 25.3 Å². The maximum atomic E-state index is 13.7. The number of hydrogen-bond acceptors (Lipinski definition) is 3. The van der Waals surface area contributed by atoms with Gasteiger partial charge in [-0.25, -0.2) is 13.6 Å². The maximum Gasteiger partial charge on any atom is 0.321 e. The molecule has 3 N–H and O–H groups in total. The molecule has 3 rings (SSSR count). The van der Waals surface area contributed by atoms with Crippen LogP contribution in [0.15, 0.2) is 48.5 Å². The fraction of sp³-hybridized carbons (Fsp3) is 0.348. The van der Waals surface area contributed by atoms with Crippen LogP contribution in [-0.4, -0.2) is 47.9 Å². The van der Waals surface area contributed by atoms with Gasteiger partial charge in [-0.1, -0.05) is 24.3 Å². The van der Waals surface area contributed by atoms with Crippen LogP contribution in [0.5, 0.6) is 0 Å². The molecule has 0 aliphatic carbocycles. The molecule has 0 radical (unpaired) electrons. The molecule has 1 atom stereocenters. The molecule has 2 aromatic rings. The van der Waals surface area contributed by atoms with E-state index in [0.29, 0.717) is 25.9 Å². The van der Waals surface area contributed by atoms with Crippen LogP contribution in [0.4, 0.5) is 19.3 Å². The van der Waals surface area contributed by atoms with Gasteiger partial charge in [-0.15, -0.1) is 0 Å². The number of carbonyl (C=O) groups is 3. The Morgan fingerprint density at radius 2 is 1.69 bits per heavy atom. The van der Waals surface area contributed by atoms with Crippen molar-refractivity contribution in [1.29, 1.82) is 0 Å². The summed E-state index contributed by atoms with van der Waals surface area (Å²) in [5, 5.41) is 8.12. The highest BCUT2D eigenvalue weighted by Crippen LogP contribution is 2.16. The van der Waals surface area contributed by atoms with Gasteiger partial charge in [-0.3, -0.25) is 9.59 Å². The van der Waals surface area contributed by atoms with E-state index >= 15 is 0 Å². The number of amides is 4. The monoisotopic (exact) mass is 444 g/mol. The second kappa shape index (κ2) is 10.7. The van der Waals surface area contributed by atoms with Crippen molar-refractivity contribution < 1.29 is 23.2 Å². The summed E-state index contributed by atoms with van der Waals surface area (Å²) < 4.78 is 26.9. The number of nitrogens with zero attached hydrogens (tertiary/aromatic N) is 1. The fourth-order valence-corrected chi connectivity index (χ4v) is 3.60. The average Bonchev–Trinajstić information content (AvgIpc) is 2.76. The number of halogens is 2. The topological polar surface area (TPSA) is 90.5 Å². The van der Waals surface area contributed by atoms with Gasteiger partial charge in [0.15, 0.2) is 0 Å². The molecule has 0 spiro atoms. The van der Waals surface area contributed by atoms with Crippen LogP contribution in [0.3, 0.4) is 0 Å². The number of benzene rings is 2. The Kier molecular flexibility index (Phi) is 7.75. The van der Waals surface area contributed by atoms with Gasteiger partial charge in [0, 0.05) is 32.5 Å². The fourth-order valence-electron chi connectivity index (χ4n) is 3.60. The molecule has 0 unspecified atom stereocenters. The molecule has 1 fully saturated rings. The van der Waals surface area contributed by atoms with Gasteiger partial charge in [-0.2, -0.15) is 0 Å². The summed E-state index contributed by atoms with van der Waals surface area (Å²) in [7, 11) is 0. The van der Waals surface area contributed by atoms with E-state index in [1.165, 1.54) is 31.2 Å². The highest BCUT2D eigenvalue weighted by atomic mass is 19.1. The molecule has 0 saturated carbocycles. The van der Waals surface area contributed by atoms with Crippen molar-refractivity contribution in [2.45, 2.75) is 38.3 Å². The first-order chi connectivity index (χ1) is 15.3. The molecule has 1 saturated heterocycles. The molecule has 9 heteroatoms. The summed E-state index contributed by atoms with van der Waals surface area (Å²) in [6.45, 7) is 2.12. The molecule has 2 aromatic carbocycles. The van der Waals surface area contributed by atoms with E-state index in [1.807, 2.05) is 0 Å². The first kappa shape index (κ1) is 23.2. The van der Waals surface area contributed by atoms with Gasteiger partial charge in [0.05, 0.1) is 5.69 Å². The molecule has 4 amide bonds. The van der Waals surface area contributed by atoms with Crippen molar-refractivity contribution in [3.05, 3.63) is 65.7 Å². The predicted molar refractivity (Wildman–Crippen MR) is 116 cm³/mol. The molecule has 1 heterocycles. The third-order valence-corrected chi connectivity index (χ3v) is 5.29. The lowest BCUT2D eigenvalue weighted by Crippen LogP contribution is -2.53. The quantitative estimate of drug-likeness (QED) is 0.640. The first-order valence-corrected chi connectivity index (χ1v) is 10.4. The smallest absolute Gasteiger partial charge is 0.321 e. The van der Waals surface area contributed by atoms with Crippen molar-refractivity contribution in [3.63, 3.8) is 0 Å². The molecule has 1 aliphatic heterocycles. The summed E-state index contributed by atoms with van der Waals surface area (Å²) in [6, 6.07) is 10.4. The Morgan fingerprint density at radius 3 is 2.31 bits per heavy atom. The summed E-state index contributed by atoms with van der Waals surface area (Å²) in [5.74, 6) is -1.56. The lowest BCUT2D eigenvalue weighted by atomic mass is 10.0. The number of rotatable bonds is 6. The summed E-state index contributed by atoms with van der Waals surface area (Å²) >= 11 is 0. The number of piperidine rings is 1. The standard InChI is InChI=1S/C23H26F2N4O3/c1-15(30)26-21(14-16-6-8-17(24)9-7-16)22(31)27-18-10-12-29(13-11-18)23(32)28-20-5-3-2-4-19(20)25/h2-9,18,21H,10-14H2,1H3,(H,26,30)(H,27,31)(H,28,32)/t21-/m1/s1. The molecule has 1 aliphatic rings. The van der Waals surface area contributed by atoms with Crippen molar-refractivity contribution in [1.82, 2.24) is 15.5 Å². The van der Waals surface area contributed by atoms with Gasteiger partial charge >= 0.3 is 6.03 Å². The summed E-state index contributed by atoms with van der Waals surface area (Å²) in [6.07, 6.45) is 1.29. The molecular formula is C23H26F2N4O3. The Balaban J connectivity index is 1.52. The van der Waals surface area contributed by atoms with E-state index in [2.05, 4.69) is 16.0 Å². The minimum Gasteiger partial charge on any atom is -0.351 e. The Morgan fingerprint density at radius 1 is 1.03 bits per heavy atom. The number of hydrogen-bond donors (Lipinski definition) is 3. The average molecular weight is 444 g/mol. The van der Waals surface area contributed by atoms with Crippen molar-refractivity contribution in [2.75, 3.05) is 18.4 Å². The van der Waals surface area contributed by atoms with E-state index in [0.717, 1.165) is 5.56 Å². The van der Waals surface area contributed by atoms with E-state index in [4.69, 9.17) is 0 Å². The Labute approximate surface area is 185 Å². The van der Waals surface area contributed by atoms with Crippen LogP contribution in [0, 0.1) is 11.6 Å². The highest BCUT2D eigenvalue weighted by Gasteiger charge is 2.27. The van der Waals surface area contributed by atoms with Crippen LogP contribution in [0.2, 0.25) is 0 Å². The Hall–Kier alpha value is -3.49. The van der Waals surface area contributed by atoms with Gasteiger partial charge < -0.3 is 20.9 Å². The predicted octanol–water partition coefficient (Wildman–Crippen LogP) is 2.82. The van der Waals surface area contributed by atoms with Gasteiger partial charge in [0.25, 0.3) is 0 Å². The number of likely N-dealkylation sites (tertiary alicyclic amines) is 1. The number of para-hydroxylation sites is 1. The molecule has 0 aromatic heterocycles. The summed E-state index contributed by atoms with van der Waals surface area (Å²) in [5.41, 5.74) is 0.840. The second-order valence-electron chi connectivity index (χ2n) is 7.76. The highest BCUT2D eigenvalue weighted by molar-refractivity contribution is 5.89. The second-order valence-corrected chi connectivity index (χ2v) is 7.76.